The fraction of sp³-hybridized carbons (Fsp3) is 0.0909. The quantitative estimate of drug-likeness (QED) is 0.641. The summed E-state index contributed by atoms with van der Waals surface area (Å²) < 4.78 is 5.48. The number of rotatable bonds is 4. The van der Waals surface area contributed by atoms with Gasteiger partial charge >= 0.3 is 0 Å². The van der Waals surface area contributed by atoms with E-state index in [1.54, 1.807) is 6.07 Å². The van der Waals surface area contributed by atoms with Crippen LogP contribution >= 0.6 is 11.6 Å². The highest BCUT2D eigenvalue weighted by atomic mass is 35.5. The number of ether oxygens (including phenoxy) is 1. The van der Waals surface area contributed by atoms with Crippen molar-refractivity contribution in [2.75, 3.05) is 5.43 Å². The van der Waals surface area contributed by atoms with E-state index in [2.05, 4.69) is 15.4 Å². The average Bonchev–Trinajstić information content (AvgIpc) is 2.38. The van der Waals surface area contributed by atoms with E-state index in [1.807, 2.05) is 24.3 Å². The van der Waals surface area contributed by atoms with E-state index >= 15 is 0 Å². The Morgan fingerprint density at radius 2 is 2.12 bits per heavy atom. The molecule has 0 unspecified atom stereocenters. The van der Waals surface area contributed by atoms with E-state index in [0.29, 0.717) is 23.3 Å². The molecule has 0 atom stereocenters. The van der Waals surface area contributed by atoms with Crippen molar-refractivity contribution in [2.24, 2.45) is 5.84 Å². The summed E-state index contributed by atoms with van der Waals surface area (Å²) in [5.74, 6) is 6.17. The van der Waals surface area contributed by atoms with Crippen LogP contribution in [0.4, 0.5) is 5.82 Å². The second-order valence-corrected chi connectivity index (χ2v) is 3.67. The zero-order valence-electron chi connectivity index (χ0n) is 8.93. The maximum Gasteiger partial charge on any atom is 0.218 e. The maximum absolute atomic E-state index is 6.00. The average molecular weight is 251 g/mol. The van der Waals surface area contributed by atoms with Gasteiger partial charge in [0.15, 0.2) is 0 Å². The minimum absolute atomic E-state index is 0.348. The number of anilines is 1. The van der Waals surface area contributed by atoms with Crippen molar-refractivity contribution in [2.45, 2.75) is 6.61 Å². The lowest BCUT2D eigenvalue weighted by atomic mass is 10.2. The molecule has 1 aromatic heterocycles. The Labute approximate surface area is 104 Å². The number of aromatic nitrogens is 2. The minimum atomic E-state index is 0.348. The topological polar surface area (TPSA) is 73.1 Å². The molecule has 0 spiro atoms. The van der Waals surface area contributed by atoms with Crippen LogP contribution < -0.4 is 16.0 Å². The molecule has 0 saturated carbocycles. The van der Waals surface area contributed by atoms with Gasteiger partial charge in [-0.15, -0.1) is 0 Å². The summed E-state index contributed by atoms with van der Waals surface area (Å²) in [5.41, 5.74) is 3.32. The molecular formula is C11H11ClN4O. The summed E-state index contributed by atoms with van der Waals surface area (Å²) in [6, 6.07) is 9.08. The summed E-state index contributed by atoms with van der Waals surface area (Å²) in [6.07, 6.45) is 1.37. The molecule has 0 aliphatic heterocycles. The van der Waals surface area contributed by atoms with Gasteiger partial charge in [-0.3, -0.25) is 0 Å². The fourth-order valence-electron chi connectivity index (χ4n) is 1.26. The number of halogens is 1. The molecule has 5 nitrogen and oxygen atoms in total. The lowest BCUT2D eigenvalue weighted by Gasteiger charge is -2.07. The molecular weight excluding hydrogens is 240 g/mol. The Hall–Kier alpha value is -1.85. The van der Waals surface area contributed by atoms with Gasteiger partial charge in [0.25, 0.3) is 0 Å². The van der Waals surface area contributed by atoms with Gasteiger partial charge in [-0.25, -0.2) is 15.8 Å². The van der Waals surface area contributed by atoms with E-state index < -0.39 is 0 Å². The van der Waals surface area contributed by atoms with Gasteiger partial charge in [0, 0.05) is 16.7 Å². The van der Waals surface area contributed by atoms with Crippen LogP contribution in [0.3, 0.4) is 0 Å². The Morgan fingerprint density at radius 1 is 1.29 bits per heavy atom. The van der Waals surface area contributed by atoms with Crippen LogP contribution in [0.15, 0.2) is 36.7 Å². The first kappa shape index (κ1) is 11.6. The number of hydrogen-bond donors (Lipinski definition) is 2. The first-order valence-corrected chi connectivity index (χ1v) is 5.32. The number of benzene rings is 1. The maximum atomic E-state index is 6.00. The Balaban J connectivity index is 2.05. The molecule has 6 heteroatoms. The third kappa shape index (κ3) is 3.05. The van der Waals surface area contributed by atoms with E-state index in [-0.39, 0.29) is 0 Å². The Bertz CT molecular complexity index is 506. The third-order valence-corrected chi connectivity index (χ3v) is 2.49. The smallest absolute Gasteiger partial charge is 0.218 e. The van der Waals surface area contributed by atoms with Gasteiger partial charge in [-0.2, -0.15) is 0 Å². The summed E-state index contributed by atoms with van der Waals surface area (Å²) in [5, 5.41) is 0.665. The first-order chi connectivity index (χ1) is 8.29. The molecule has 0 aliphatic rings. The molecule has 17 heavy (non-hydrogen) atoms. The second-order valence-electron chi connectivity index (χ2n) is 3.27. The number of nitrogens with two attached hydrogens (primary N) is 1. The molecule has 0 bridgehead atoms. The molecule has 1 aromatic carbocycles. The normalized spacial score (nSPS) is 10.0. The van der Waals surface area contributed by atoms with Gasteiger partial charge < -0.3 is 10.2 Å². The summed E-state index contributed by atoms with van der Waals surface area (Å²) >= 11 is 6.00. The van der Waals surface area contributed by atoms with Crippen LogP contribution in [0, 0.1) is 0 Å². The predicted molar refractivity (Wildman–Crippen MR) is 65.6 cm³/mol. The third-order valence-electron chi connectivity index (χ3n) is 2.12. The zero-order valence-corrected chi connectivity index (χ0v) is 9.69. The van der Waals surface area contributed by atoms with E-state index in [4.69, 9.17) is 22.2 Å². The predicted octanol–water partition coefficient (Wildman–Crippen LogP) is 1.99. The molecule has 1 heterocycles. The van der Waals surface area contributed by atoms with Crippen LogP contribution in [0.25, 0.3) is 0 Å². The van der Waals surface area contributed by atoms with Gasteiger partial charge in [-0.05, 0) is 6.07 Å². The van der Waals surface area contributed by atoms with Crippen molar-refractivity contribution >= 4 is 17.4 Å². The van der Waals surface area contributed by atoms with Crippen molar-refractivity contribution in [1.29, 1.82) is 0 Å². The van der Waals surface area contributed by atoms with Crippen molar-refractivity contribution in [3.63, 3.8) is 0 Å². The highest BCUT2D eigenvalue weighted by Crippen LogP contribution is 2.17. The number of hydrazine groups is 1. The Morgan fingerprint density at radius 3 is 2.88 bits per heavy atom. The minimum Gasteiger partial charge on any atom is -0.473 e. The summed E-state index contributed by atoms with van der Waals surface area (Å²) in [7, 11) is 0. The van der Waals surface area contributed by atoms with Crippen LogP contribution in [0.1, 0.15) is 5.56 Å². The van der Waals surface area contributed by atoms with Crippen molar-refractivity contribution < 1.29 is 4.74 Å². The molecule has 0 aliphatic carbocycles. The molecule has 88 valence electrons. The van der Waals surface area contributed by atoms with Gasteiger partial charge in [0.2, 0.25) is 5.88 Å². The van der Waals surface area contributed by atoms with Crippen molar-refractivity contribution in [3.8, 4) is 5.88 Å². The fourth-order valence-corrected chi connectivity index (χ4v) is 1.45. The molecule has 3 N–H and O–H groups in total. The molecule has 0 amide bonds. The van der Waals surface area contributed by atoms with E-state index in [0.717, 1.165) is 5.56 Å². The number of hydrogen-bond acceptors (Lipinski definition) is 5. The standard InChI is InChI=1S/C11H11ClN4O/c12-9-4-2-1-3-8(9)6-17-11-5-10(16-13)14-7-15-11/h1-5,7H,6,13H2,(H,14,15,16). The lowest BCUT2D eigenvalue weighted by molar-refractivity contribution is 0.293. The lowest BCUT2D eigenvalue weighted by Crippen LogP contribution is -2.09. The van der Waals surface area contributed by atoms with Gasteiger partial charge in [-0.1, -0.05) is 29.8 Å². The largest absolute Gasteiger partial charge is 0.473 e. The van der Waals surface area contributed by atoms with E-state index in [1.165, 1.54) is 6.33 Å². The molecule has 0 fully saturated rings. The summed E-state index contributed by atoms with van der Waals surface area (Å²) in [4.78, 5) is 7.84. The van der Waals surface area contributed by atoms with Crippen LogP contribution in [-0.4, -0.2) is 9.97 Å². The highest BCUT2D eigenvalue weighted by Gasteiger charge is 2.02. The zero-order chi connectivity index (χ0) is 12.1. The van der Waals surface area contributed by atoms with Gasteiger partial charge in [0.05, 0.1) is 0 Å². The van der Waals surface area contributed by atoms with Crippen LogP contribution in [0.5, 0.6) is 5.88 Å². The number of nitrogen functional groups attached to an aromatic ring is 1. The molecule has 2 aromatic rings. The molecule has 0 saturated heterocycles. The summed E-state index contributed by atoms with van der Waals surface area (Å²) in [6.45, 7) is 0.348. The number of nitrogens with zero attached hydrogens (tertiary/aromatic N) is 2. The van der Waals surface area contributed by atoms with Crippen molar-refractivity contribution in [3.05, 3.63) is 47.2 Å². The van der Waals surface area contributed by atoms with Gasteiger partial charge in [0.1, 0.15) is 18.8 Å². The monoisotopic (exact) mass is 250 g/mol. The molecule has 0 radical (unpaired) electrons. The van der Waals surface area contributed by atoms with Crippen LogP contribution in [-0.2, 0) is 6.61 Å². The number of nitrogens with one attached hydrogen (secondary N) is 1. The van der Waals surface area contributed by atoms with E-state index in [9.17, 15) is 0 Å². The SMILES string of the molecule is NNc1cc(OCc2ccccc2Cl)ncn1. The Kier molecular flexibility index (Phi) is 3.74. The molecule has 2 rings (SSSR count). The van der Waals surface area contributed by atoms with Crippen LogP contribution in [0.2, 0.25) is 5.02 Å². The first-order valence-electron chi connectivity index (χ1n) is 4.94. The second kappa shape index (κ2) is 5.47. The highest BCUT2D eigenvalue weighted by molar-refractivity contribution is 6.31. The van der Waals surface area contributed by atoms with Crippen molar-refractivity contribution in [1.82, 2.24) is 9.97 Å².